The van der Waals surface area contributed by atoms with E-state index in [9.17, 15) is 9.59 Å². The predicted octanol–water partition coefficient (Wildman–Crippen LogP) is 4.45. The summed E-state index contributed by atoms with van der Waals surface area (Å²) >= 11 is 1.36. The minimum atomic E-state index is -0.702. The number of thiazole rings is 1. The molecule has 1 aliphatic rings. The number of rotatable bonds is 2. The number of benzene rings is 3. The number of aryl methyl sites for hydroxylation is 1. The summed E-state index contributed by atoms with van der Waals surface area (Å²) in [5.41, 5.74) is 0.532. The van der Waals surface area contributed by atoms with Crippen LogP contribution in [0.15, 0.2) is 68.8 Å². The topological polar surface area (TPSA) is 83.0 Å². The Kier molecular flexibility index (Phi) is 4.16. The third-order valence-electron chi connectivity index (χ3n) is 5.56. The number of fused-ring (bicyclic) bond motifs is 5. The van der Waals surface area contributed by atoms with Gasteiger partial charge in [-0.25, -0.2) is 4.79 Å². The molecule has 0 saturated carbocycles. The van der Waals surface area contributed by atoms with Gasteiger partial charge in [-0.2, -0.15) is 4.99 Å². The molecule has 0 N–H and O–H groups in total. The smallest absolute Gasteiger partial charge is 0.349 e. The first-order valence-corrected chi connectivity index (χ1v) is 10.9. The van der Waals surface area contributed by atoms with Gasteiger partial charge >= 0.3 is 5.63 Å². The molecule has 0 bridgehead atoms. The maximum atomic E-state index is 13.1. The molecule has 0 aliphatic carbocycles. The average molecular weight is 444 g/mol. The maximum absolute atomic E-state index is 13.1. The molecule has 0 radical (unpaired) electrons. The molecule has 0 saturated heterocycles. The van der Waals surface area contributed by atoms with Crippen LogP contribution in [0.1, 0.15) is 17.3 Å². The van der Waals surface area contributed by atoms with Crippen LogP contribution in [0.5, 0.6) is 11.5 Å². The second-order valence-corrected chi connectivity index (χ2v) is 8.37. The lowest BCUT2D eigenvalue weighted by atomic mass is 10.0. The minimum absolute atomic E-state index is 0.0943. The zero-order valence-electron chi connectivity index (χ0n) is 17.0. The van der Waals surface area contributed by atoms with Crippen LogP contribution in [0.25, 0.3) is 32.0 Å². The average Bonchev–Trinajstić information content (AvgIpc) is 3.39. The van der Waals surface area contributed by atoms with Crippen molar-refractivity contribution in [1.82, 2.24) is 4.57 Å². The monoisotopic (exact) mass is 444 g/mol. The molecule has 1 aliphatic heterocycles. The second-order valence-electron chi connectivity index (χ2n) is 7.37. The molecule has 158 valence electrons. The van der Waals surface area contributed by atoms with E-state index in [2.05, 4.69) is 4.99 Å². The van der Waals surface area contributed by atoms with Crippen molar-refractivity contribution in [1.29, 1.82) is 0 Å². The van der Waals surface area contributed by atoms with Crippen LogP contribution in [0.3, 0.4) is 0 Å². The first-order chi connectivity index (χ1) is 15.6. The molecule has 0 spiro atoms. The number of ether oxygens (including phenoxy) is 2. The Balaban J connectivity index is 1.53. The third kappa shape index (κ3) is 2.84. The van der Waals surface area contributed by atoms with Gasteiger partial charge in [0.05, 0.1) is 10.2 Å². The number of hydrogen-bond acceptors (Lipinski definition) is 6. The summed E-state index contributed by atoms with van der Waals surface area (Å²) in [6, 6.07) is 16.7. The molecule has 7 nitrogen and oxygen atoms in total. The molecule has 3 aromatic carbocycles. The zero-order chi connectivity index (χ0) is 21.8. The fourth-order valence-corrected chi connectivity index (χ4v) is 5.12. The number of carbonyl (C=O) groups is 1. The van der Waals surface area contributed by atoms with E-state index in [1.807, 2.05) is 54.0 Å². The molecular formula is C24H16N2O5S. The lowest BCUT2D eigenvalue weighted by Gasteiger charge is -2.04. The largest absolute Gasteiger partial charge is 0.454 e. The normalized spacial score (nSPS) is 13.5. The van der Waals surface area contributed by atoms with Gasteiger partial charge in [-0.05, 0) is 29.8 Å². The van der Waals surface area contributed by atoms with E-state index in [1.54, 1.807) is 12.1 Å². The van der Waals surface area contributed by atoms with E-state index in [4.69, 9.17) is 13.9 Å². The number of hydrogen-bond donors (Lipinski definition) is 0. The number of aromatic nitrogens is 1. The molecule has 32 heavy (non-hydrogen) atoms. The molecule has 6 rings (SSSR count). The van der Waals surface area contributed by atoms with E-state index in [0.717, 1.165) is 21.0 Å². The Hall–Kier alpha value is -3.91. The van der Waals surface area contributed by atoms with Gasteiger partial charge in [0.1, 0.15) is 11.1 Å². The first kappa shape index (κ1) is 18.8. The summed E-state index contributed by atoms with van der Waals surface area (Å²) in [7, 11) is 0. The fourth-order valence-electron chi connectivity index (χ4n) is 4.02. The van der Waals surface area contributed by atoms with Crippen LogP contribution >= 0.6 is 11.3 Å². The summed E-state index contributed by atoms with van der Waals surface area (Å²) in [4.78, 5) is 30.4. The highest BCUT2D eigenvalue weighted by atomic mass is 32.1. The van der Waals surface area contributed by atoms with Gasteiger partial charge in [0.2, 0.25) is 6.79 Å². The molecule has 0 unspecified atom stereocenters. The van der Waals surface area contributed by atoms with Crippen LogP contribution in [0, 0.1) is 0 Å². The summed E-state index contributed by atoms with van der Waals surface area (Å²) in [6.07, 6.45) is 0. The molecule has 5 aromatic rings. The molecule has 2 aromatic heterocycles. The van der Waals surface area contributed by atoms with Crippen LogP contribution in [0.2, 0.25) is 0 Å². The molecule has 8 heteroatoms. The van der Waals surface area contributed by atoms with Crippen molar-refractivity contribution in [2.45, 2.75) is 13.5 Å². The van der Waals surface area contributed by atoms with E-state index in [1.165, 1.54) is 11.3 Å². The quantitative estimate of drug-likeness (QED) is 0.297. The van der Waals surface area contributed by atoms with Gasteiger partial charge in [0, 0.05) is 24.1 Å². The van der Waals surface area contributed by atoms with Crippen LogP contribution in [0.4, 0.5) is 0 Å². The predicted molar refractivity (Wildman–Crippen MR) is 121 cm³/mol. The summed E-state index contributed by atoms with van der Waals surface area (Å²) in [5.74, 6) is 0.696. The van der Waals surface area contributed by atoms with Crippen molar-refractivity contribution < 1.29 is 18.7 Å². The lowest BCUT2D eigenvalue weighted by Crippen LogP contribution is -2.19. The van der Waals surface area contributed by atoms with Gasteiger partial charge in [0.25, 0.3) is 5.91 Å². The molecule has 0 atom stereocenters. The summed E-state index contributed by atoms with van der Waals surface area (Å²) < 4.78 is 19.2. The zero-order valence-corrected chi connectivity index (χ0v) is 17.8. The van der Waals surface area contributed by atoms with E-state index in [-0.39, 0.29) is 12.4 Å². The number of nitrogens with zero attached hydrogens (tertiary/aromatic N) is 2. The van der Waals surface area contributed by atoms with E-state index < -0.39 is 11.5 Å². The van der Waals surface area contributed by atoms with Gasteiger partial charge in [-0.15, -0.1) is 0 Å². The Morgan fingerprint density at radius 2 is 1.88 bits per heavy atom. The van der Waals surface area contributed by atoms with E-state index >= 15 is 0 Å². The lowest BCUT2D eigenvalue weighted by molar-refractivity contribution is 0.0994. The molecule has 3 heterocycles. The van der Waals surface area contributed by atoms with Gasteiger partial charge in [-0.1, -0.05) is 41.7 Å². The fraction of sp³-hybridized carbons (Fsp3) is 0.125. The minimum Gasteiger partial charge on any atom is -0.454 e. The van der Waals surface area contributed by atoms with Crippen molar-refractivity contribution >= 4 is 49.2 Å². The van der Waals surface area contributed by atoms with Crippen molar-refractivity contribution in [2.24, 2.45) is 4.99 Å². The van der Waals surface area contributed by atoms with Gasteiger partial charge in [-0.3, -0.25) is 4.79 Å². The number of carbonyl (C=O) groups excluding carboxylic acids is 1. The van der Waals surface area contributed by atoms with Crippen molar-refractivity contribution in [3.63, 3.8) is 0 Å². The van der Waals surface area contributed by atoms with Crippen molar-refractivity contribution in [3.8, 4) is 11.5 Å². The van der Waals surface area contributed by atoms with Crippen LogP contribution in [-0.4, -0.2) is 17.3 Å². The standard InChI is InChI=1S/C24H16N2O5S/c1-2-26-17-10-19-20(30-12-29-19)11-21(17)32-24(26)25-22(27)16-9-15-14-6-4-3-5-13(14)7-8-18(15)31-23(16)28/h3-11H,2,12H2,1H3. The highest BCUT2D eigenvalue weighted by Crippen LogP contribution is 2.37. The van der Waals surface area contributed by atoms with Gasteiger partial charge < -0.3 is 18.5 Å². The number of amides is 1. The van der Waals surface area contributed by atoms with Crippen LogP contribution < -0.4 is 19.9 Å². The Morgan fingerprint density at radius 1 is 1.06 bits per heavy atom. The third-order valence-corrected chi connectivity index (χ3v) is 6.60. The Bertz CT molecular complexity index is 1690. The summed E-state index contributed by atoms with van der Waals surface area (Å²) in [5, 5.41) is 2.60. The first-order valence-electron chi connectivity index (χ1n) is 10.1. The molecular weight excluding hydrogens is 428 g/mol. The highest BCUT2D eigenvalue weighted by molar-refractivity contribution is 7.16. The van der Waals surface area contributed by atoms with Gasteiger partial charge in [0.15, 0.2) is 16.3 Å². The second kappa shape index (κ2) is 7.06. The molecule has 0 fully saturated rings. The molecule has 1 amide bonds. The van der Waals surface area contributed by atoms with Crippen molar-refractivity contribution in [3.05, 3.63) is 75.4 Å². The maximum Gasteiger partial charge on any atom is 0.349 e. The highest BCUT2D eigenvalue weighted by Gasteiger charge is 2.19. The Morgan fingerprint density at radius 3 is 2.72 bits per heavy atom. The van der Waals surface area contributed by atoms with Crippen LogP contribution in [-0.2, 0) is 6.54 Å². The summed E-state index contributed by atoms with van der Waals surface area (Å²) in [6.45, 7) is 2.76. The van der Waals surface area contributed by atoms with Crippen molar-refractivity contribution in [2.75, 3.05) is 6.79 Å². The van der Waals surface area contributed by atoms with E-state index in [0.29, 0.717) is 33.8 Å². The SMILES string of the molecule is CCn1c(=NC(=O)c2cc3c(ccc4ccccc43)oc2=O)sc2cc3c(cc21)OCO3. The Labute approximate surface area is 184 Å².